The molecule has 1 fully saturated rings. The van der Waals surface area contributed by atoms with Gasteiger partial charge in [-0.25, -0.2) is 4.79 Å². The van der Waals surface area contributed by atoms with Gasteiger partial charge in [0, 0.05) is 19.4 Å². The number of piperidine rings is 1. The monoisotopic (exact) mass is 328 g/mol. The zero-order chi connectivity index (χ0) is 17.2. The van der Waals surface area contributed by atoms with Crippen LogP contribution in [0.15, 0.2) is 0 Å². The first-order chi connectivity index (χ1) is 10.9. The number of carbonyl (C=O) groups is 3. The van der Waals surface area contributed by atoms with Crippen LogP contribution in [0.5, 0.6) is 0 Å². The Kier molecular flexibility index (Phi) is 8.61. The highest BCUT2D eigenvalue weighted by Gasteiger charge is 2.29. The number of quaternary nitrogens is 1. The molecule has 1 rings (SSSR count). The van der Waals surface area contributed by atoms with Crippen LogP contribution in [-0.2, 0) is 14.3 Å². The average Bonchev–Trinajstić information content (AvgIpc) is 2.47. The molecule has 7 heteroatoms. The largest absolute Gasteiger partial charge is 0.466 e. The molecule has 0 aromatic rings. The topological polar surface area (TPSA) is 88.9 Å². The molecule has 0 saturated carbocycles. The molecule has 1 heterocycles. The molecule has 0 radical (unpaired) electrons. The maximum Gasteiger partial charge on any atom is 0.321 e. The Labute approximate surface area is 138 Å². The van der Waals surface area contributed by atoms with E-state index in [1.165, 1.54) is 0 Å². The molecule has 1 aliphatic rings. The van der Waals surface area contributed by atoms with Crippen LogP contribution in [0.25, 0.3) is 0 Å². The summed E-state index contributed by atoms with van der Waals surface area (Å²) in [4.78, 5) is 36.2. The van der Waals surface area contributed by atoms with E-state index in [0.717, 1.165) is 37.3 Å². The predicted octanol–water partition coefficient (Wildman–Crippen LogP) is -0.284. The van der Waals surface area contributed by atoms with Gasteiger partial charge in [-0.05, 0) is 19.3 Å². The standard InChI is InChI=1S/C16H29N3O4/c1-4-23-15(21)13-6-9-19(10-7-13)11-14(20)18-16(22)17-8-5-12(2)3/h12-13H,4-11H2,1-3H3,(H2,17,18,20,22)/p+1. The minimum absolute atomic E-state index is 0.0545. The van der Waals surface area contributed by atoms with E-state index in [9.17, 15) is 14.4 Å². The zero-order valence-corrected chi connectivity index (χ0v) is 14.4. The number of nitrogens with one attached hydrogen (secondary N) is 3. The Balaban J connectivity index is 2.21. The van der Waals surface area contributed by atoms with Crippen molar-refractivity contribution in [1.29, 1.82) is 0 Å². The molecule has 1 saturated heterocycles. The lowest BCUT2D eigenvalue weighted by Crippen LogP contribution is -3.14. The van der Waals surface area contributed by atoms with E-state index in [1.807, 2.05) is 0 Å². The van der Waals surface area contributed by atoms with E-state index < -0.39 is 6.03 Å². The van der Waals surface area contributed by atoms with Gasteiger partial charge in [0.05, 0.1) is 25.6 Å². The number of esters is 1. The summed E-state index contributed by atoms with van der Waals surface area (Å²) in [5.41, 5.74) is 0. The number of imide groups is 1. The molecule has 1 aliphatic heterocycles. The van der Waals surface area contributed by atoms with E-state index in [-0.39, 0.29) is 24.3 Å². The third-order valence-corrected chi connectivity index (χ3v) is 3.98. The van der Waals surface area contributed by atoms with Crippen molar-refractivity contribution in [3.63, 3.8) is 0 Å². The van der Waals surface area contributed by atoms with Crippen molar-refractivity contribution in [1.82, 2.24) is 10.6 Å². The van der Waals surface area contributed by atoms with Crippen LogP contribution < -0.4 is 15.5 Å². The van der Waals surface area contributed by atoms with E-state index in [0.29, 0.717) is 19.1 Å². The van der Waals surface area contributed by atoms with E-state index in [2.05, 4.69) is 24.5 Å². The summed E-state index contributed by atoms with van der Waals surface area (Å²) in [6, 6.07) is -0.434. The summed E-state index contributed by atoms with van der Waals surface area (Å²) in [5.74, 6) is 0.0365. The molecule has 0 aliphatic carbocycles. The molecule has 0 aromatic carbocycles. The van der Waals surface area contributed by atoms with Gasteiger partial charge in [-0.1, -0.05) is 13.8 Å². The van der Waals surface area contributed by atoms with Gasteiger partial charge in [0.25, 0.3) is 5.91 Å². The minimum Gasteiger partial charge on any atom is -0.466 e. The fraction of sp³-hybridized carbons (Fsp3) is 0.812. The van der Waals surface area contributed by atoms with Crippen molar-refractivity contribution in [3.8, 4) is 0 Å². The van der Waals surface area contributed by atoms with Gasteiger partial charge < -0.3 is 15.0 Å². The maximum absolute atomic E-state index is 11.9. The van der Waals surface area contributed by atoms with Crippen molar-refractivity contribution in [2.24, 2.45) is 11.8 Å². The van der Waals surface area contributed by atoms with E-state index in [1.54, 1.807) is 6.92 Å². The molecule has 0 spiro atoms. The van der Waals surface area contributed by atoms with Crippen LogP contribution in [0, 0.1) is 11.8 Å². The van der Waals surface area contributed by atoms with Gasteiger partial charge in [-0.15, -0.1) is 0 Å². The van der Waals surface area contributed by atoms with Crippen LogP contribution in [0.1, 0.15) is 40.0 Å². The predicted molar refractivity (Wildman–Crippen MR) is 85.9 cm³/mol. The molecule has 0 bridgehead atoms. The van der Waals surface area contributed by atoms with Crippen molar-refractivity contribution in [3.05, 3.63) is 0 Å². The highest BCUT2D eigenvalue weighted by Crippen LogP contribution is 2.11. The first-order valence-corrected chi connectivity index (χ1v) is 8.50. The van der Waals surface area contributed by atoms with Crippen LogP contribution in [0.3, 0.4) is 0 Å². The van der Waals surface area contributed by atoms with Crippen molar-refractivity contribution in [2.45, 2.75) is 40.0 Å². The Morgan fingerprint density at radius 1 is 1.22 bits per heavy atom. The smallest absolute Gasteiger partial charge is 0.321 e. The molecule has 23 heavy (non-hydrogen) atoms. The number of urea groups is 1. The van der Waals surface area contributed by atoms with E-state index in [4.69, 9.17) is 4.74 Å². The van der Waals surface area contributed by atoms with Crippen LogP contribution in [0.2, 0.25) is 0 Å². The summed E-state index contributed by atoms with van der Waals surface area (Å²) in [5, 5.41) is 5.03. The lowest BCUT2D eigenvalue weighted by molar-refractivity contribution is -0.897. The number of likely N-dealkylation sites (tertiary alicyclic amines) is 1. The molecule has 3 N–H and O–H groups in total. The SMILES string of the molecule is CCOC(=O)C1CC[NH+](CC(=O)NC(=O)NCCC(C)C)CC1. The molecule has 3 amide bonds. The summed E-state index contributed by atoms with van der Waals surface area (Å²) in [7, 11) is 0. The lowest BCUT2D eigenvalue weighted by atomic mass is 9.97. The fourth-order valence-electron chi connectivity index (χ4n) is 2.62. The minimum atomic E-state index is -0.434. The Morgan fingerprint density at radius 2 is 1.87 bits per heavy atom. The van der Waals surface area contributed by atoms with Gasteiger partial charge in [-0.2, -0.15) is 0 Å². The Bertz CT molecular complexity index is 404. The summed E-state index contributed by atoms with van der Waals surface area (Å²) in [6.45, 7) is 8.66. The van der Waals surface area contributed by atoms with Crippen molar-refractivity contribution >= 4 is 17.9 Å². The number of amides is 3. The third-order valence-electron chi connectivity index (χ3n) is 3.98. The normalized spacial score (nSPS) is 20.9. The average molecular weight is 328 g/mol. The zero-order valence-electron chi connectivity index (χ0n) is 14.4. The highest BCUT2D eigenvalue weighted by molar-refractivity contribution is 5.94. The van der Waals surface area contributed by atoms with Crippen LogP contribution in [-0.4, -0.2) is 50.7 Å². The number of ether oxygens (including phenoxy) is 1. The first kappa shape index (κ1) is 19.4. The first-order valence-electron chi connectivity index (χ1n) is 8.50. The fourth-order valence-corrected chi connectivity index (χ4v) is 2.62. The molecular formula is C16H30N3O4+. The summed E-state index contributed by atoms with van der Waals surface area (Å²) in [6.07, 6.45) is 2.33. The second-order valence-corrected chi connectivity index (χ2v) is 6.44. The van der Waals surface area contributed by atoms with Crippen molar-refractivity contribution in [2.75, 3.05) is 32.8 Å². The number of hydrogen-bond acceptors (Lipinski definition) is 4. The van der Waals surface area contributed by atoms with Crippen LogP contribution >= 0.6 is 0 Å². The Morgan fingerprint density at radius 3 is 2.43 bits per heavy atom. The third kappa shape index (κ3) is 7.97. The van der Waals surface area contributed by atoms with E-state index >= 15 is 0 Å². The van der Waals surface area contributed by atoms with Gasteiger partial charge >= 0.3 is 12.0 Å². The molecule has 7 nitrogen and oxygen atoms in total. The maximum atomic E-state index is 11.9. The second-order valence-electron chi connectivity index (χ2n) is 6.44. The van der Waals surface area contributed by atoms with Gasteiger partial charge in [0.2, 0.25) is 0 Å². The lowest BCUT2D eigenvalue weighted by Gasteiger charge is -2.27. The van der Waals surface area contributed by atoms with Gasteiger partial charge in [-0.3, -0.25) is 14.9 Å². The van der Waals surface area contributed by atoms with Gasteiger partial charge in [0.1, 0.15) is 0 Å². The second kappa shape index (κ2) is 10.2. The number of rotatable bonds is 7. The quantitative estimate of drug-likeness (QED) is 0.561. The number of hydrogen-bond donors (Lipinski definition) is 3. The van der Waals surface area contributed by atoms with Crippen molar-refractivity contribution < 1.29 is 24.0 Å². The van der Waals surface area contributed by atoms with Gasteiger partial charge in [0.15, 0.2) is 6.54 Å². The molecular weight excluding hydrogens is 298 g/mol. The highest BCUT2D eigenvalue weighted by atomic mass is 16.5. The molecule has 0 unspecified atom stereocenters. The Hall–Kier alpha value is -1.63. The molecule has 0 atom stereocenters. The van der Waals surface area contributed by atoms with Crippen LogP contribution in [0.4, 0.5) is 4.79 Å². The summed E-state index contributed by atoms with van der Waals surface area (Å²) < 4.78 is 5.02. The molecule has 132 valence electrons. The molecule has 0 aromatic heterocycles. The number of carbonyl (C=O) groups excluding carboxylic acids is 3. The summed E-state index contributed by atoms with van der Waals surface area (Å²) >= 11 is 0.